The molecule has 0 saturated heterocycles. The molecule has 214 valence electrons. The Labute approximate surface area is 223 Å². The number of amides is 2. The molecule has 2 aromatic carbocycles. The molecule has 0 aliphatic heterocycles. The zero-order chi connectivity index (χ0) is 29.2. The molecule has 0 spiro atoms. The summed E-state index contributed by atoms with van der Waals surface area (Å²) in [6.07, 6.45) is -6.67. The molecule has 2 aromatic rings. The van der Waals surface area contributed by atoms with Crippen molar-refractivity contribution in [2.75, 3.05) is 26.2 Å². The first-order valence-corrected chi connectivity index (χ1v) is 12.3. The average Bonchev–Trinajstić information content (AvgIpc) is 2.90. The van der Waals surface area contributed by atoms with E-state index in [0.717, 1.165) is 24.3 Å². The molecule has 2 rings (SSSR count). The Bertz CT molecular complexity index is 1090. The van der Waals surface area contributed by atoms with Crippen LogP contribution in [0.5, 0.6) is 5.75 Å². The monoisotopic (exact) mass is 553 g/mol. The first-order valence-electron chi connectivity index (χ1n) is 12.3. The third-order valence-electron chi connectivity index (χ3n) is 6.02. The number of aromatic hydroxyl groups is 1. The number of phenols is 1. The molecule has 10 nitrogen and oxygen atoms in total. The summed E-state index contributed by atoms with van der Waals surface area (Å²) in [5.41, 5.74) is 16.6. The number of hydrogen-bond acceptors (Lipinski definition) is 8. The van der Waals surface area contributed by atoms with Gasteiger partial charge in [-0.15, -0.1) is 0 Å². The fraction of sp³-hybridized carbons (Fsp3) is 0.423. The number of hydrogen-bond donors (Lipinski definition) is 6. The molecule has 3 atom stereocenters. The SMILES string of the molecule is NCCN(CCN)C(=O)C[C@H](N)C(=O)NC(C(=O)CCc1ccc(O)cc1)[C@H](O)c1ccc(C(F)(F)F)cc1. The van der Waals surface area contributed by atoms with E-state index >= 15 is 0 Å². The van der Waals surface area contributed by atoms with Gasteiger partial charge in [0.2, 0.25) is 11.8 Å². The second-order valence-electron chi connectivity index (χ2n) is 8.95. The van der Waals surface area contributed by atoms with Crippen LogP contribution in [0.1, 0.15) is 35.6 Å². The number of halogens is 3. The fourth-order valence-corrected chi connectivity index (χ4v) is 3.83. The molecule has 0 aromatic heterocycles. The number of phenolic OH excluding ortho intramolecular Hbond substituents is 1. The van der Waals surface area contributed by atoms with Gasteiger partial charge >= 0.3 is 6.18 Å². The molecule has 1 unspecified atom stereocenters. The quantitative estimate of drug-likeness (QED) is 0.196. The summed E-state index contributed by atoms with van der Waals surface area (Å²) in [5, 5.41) is 22.7. The van der Waals surface area contributed by atoms with E-state index in [1.165, 1.54) is 17.0 Å². The second-order valence-corrected chi connectivity index (χ2v) is 8.95. The highest BCUT2D eigenvalue weighted by Gasteiger charge is 2.34. The topological polar surface area (TPSA) is 185 Å². The minimum atomic E-state index is -4.60. The van der Waals surface area contributed by atoms with Crippen LogP contribution in [0, 0.1) is 0 Å². The smallest absolute Gasteiger partial charge is 0.416 e. The van der Waals surface area contributed by atoms with E-state index in [9.17, 15) is 37.8 Å². The lowest BCUT2D eigenvalue weighted by Gasteiger charge is -2.26. The molecule has 0 saturated carbocycles. The van der Waals surface area contributed by atoms with Gasteiger partial charge in [-0.3, -0.25) is 14.4 Å². The van der Waals surface area contributed by atoms with Crippen LogP contribution in [0.4, 0.5) is 13.2 Å². The maximum absolute atomic E-state index is 13.1. The Kier molecular flexibility index (Phi) is 11.9. The minimum Gasteiger partial charge on any atom is -0.508 e. The number of nitrogens with zero attached hydrogens (tertiary/aromatic N) is 1. The molecule has 13 heteroatoms. The average molecular weight is 554 g/mol. The highest BCUT2D eigenvalue weighted by atomic mass is 19.4. The number of rotatable bonds is 14. The fourth-order valence-electron chi connectivity index (χ4n) is 3.83. The van der Waals surface area contributed by atoms with Gasteiger partial charge in [0, 0.05) is 32.6 Å². The second kappa shape index (κ2) is 14.6. The summed E-state index contributed by atoms with van der Waals surface area (Å²) in [6.45, 7) is 0.749. The van der Waals surface area contributed by atoms with Crippen LogP contribution >= 0.6 is 0 Å². The van der Waals surface area contributed by atoms with Gasteiger partial charge in [0.1, 0.15) is 17.9 Å². The number of Topliss-reactive ketones (excluding diaryl/α,β-unsaturated/α-hetero) is 1. The van der Waals surface area contributed by atoms with Crippen molar-refractivity contribution in [3.05, 3.63) is 65.2 Å². The van der Waals surface area contributed by atoms with E-state index in [2.05, 4.69) is 5.32 Å². The maximum atomic E-state index is 13.1. The Balaban J connectivity index is 2.21. The number of aliphatic hydroxyl groups is 1. The summed E-state index contributed by atoms with van der Waals surface area (Å²) in [5.74, 6) is -1.96. The van der Waals surface area contributed by atoms with Crippen molar-refractivity contribution in [3.8, 4) is 5.75 Å². The van der Waals surface area contributed by atoms with Crippen molar-refractivity contribution in [2.45, 2.75) is 43.6 Å². The van der Waals surface area contributed by atoms with Gasteiger partial charge in [-0.1, -0.05) is 24.3 Å². The molecule has 0 aliphatic rings. The van der Waals surface area contributed by atoms with Gasteiger partial charge in [0.05, 0.1) is 18.0 Å². The molecular weight excluding hydrogens is 519 g/mol. The molecule has 9 N–H and O–H groups in total. The molecule has 0 bridgehead atoms. The maximum Gasteiger partial charge on any atom is 0.416 e. The Morgan fingerprint density at radius 2 is 1.51 bits per heavy atom. The molecule has 2 amide bonds. The summed E-state index contributed by atoms with van der Waals surface area (Å²) in [6, 6.07) is 6.66. The van der Waals surface area contributed by atoms with Crippen molar-refractivity contribution < 1.29 is 37.8 Å². The summed E-state index contributed by atoms with van der Waals surface area (Å²) in [4.78, 5) is 39.9. The van der Waals surface area contributed by atoms with Crippen molar-refractivity contribution in [1.29, 1.82) is 0 Å². The van der Waals surface area contributed by atoms with Gasteiger partial charge in [-0.2, -0.15) is 13.2 Å². The van der Waals surface area contributed by atoms with Crippen molar-refractivity contribution in [2.24, 2.45) is 17.2 Å². The Morgan fingerprint density at radius 1 is 0.949 bits per heavy atom. The number of carbonyl (C=O) groups excluding carboxylic acids is 3. The van der Waals surface area contributed by atoms with Crippen LogP contribution in [0.25, 0.3) is 0 Å². The van der Waals surface area contributed by atoms with Gasteiger partial charge in [0.15, 0.2) is 5.78 Å². The molecule has 0 radical (unpaired) electrons. The lowest BCUT2D eigenvalue weighted by atomic mass is 9.94. The van der Waals surface area contributed by atoms with Crippen molar-refractivity contribution >= 4 is 17.6 Å². The first kappa shape index (κ1) is 31.7. The number of ketones is 1. The lowest BCUT2D eigenvalue weighted by Crippen LogP contribution is -2.52. The minimum absolute atomic E-state index is 0.0343. The molecule has 0 fully saturated rings. The predicted octanol–water partition coefficient (Wildman–Crippen LogP) is 0.595. The summed E-state index contributed by atoms with van der Waals surface area (Å²) in [7, 11) is 0. The molecule has 39 heavy (non-hydrogen) atoms. The van der Waals surface area contributed by atoms with Crippen LogP contribution in [-0.4, -0.2) is 71.0 Å². The van der Waals surface area contributed by atoms with E-state index in [0.29, 0.717) is 5.56 Å². The largest absolute Gasteiger partial charge is 0.508 e. The van der Waals surface area contributed by atoms with Crippen LogP contribution in [0.3, 0.4) is 0 Å². The molecule has 0 heterocycles. The standard InChI is InChI=1S/C26H34F3N5O5/c27-26(28,29)18-6-4-17(5-7-18)24(38)23(21(36)10-3-16-1-8-19(35)9-2-16)33-25(39)20(32)15-22(37)34(13-11-30)14-12-31/h1-2,4-9,20,23-24,35,38H,3,10-15,30-32H2,(H,33,39)/t20-,23?,24+/m0/s1. The van der Waals surface area contributed by atoms with Gasteiger partial charge in [0.25, 0.3) is 0 Å². The summed E-state index contributed by atoms with van der Waals surface area (Å²) < 4.78 is 38.9. The van der Waals surface area contributed by atoms with Crippen LogP contribution in [-0.2, 0) is 27.0 Å². The van der Waals surface area contributed by atoms with E-state index in [-0.39, 0.29) is 50.3 Å². The zero-order valence-electron chi connectivity index (χ0n) is 21.2. The Morgan fingerprint density at radius 3 is 2.03 bits per heavy atom. The van der Waals surface area contributed by atoms with Crippen LogP contribution in [0.15, 0.2) is 48.5 Å². The molecular formula is C26H34F3N5O5. The highest BCUT2D eigenvalue weighted by Crippen LogP contribution is 2.30. The highest BCUT2D eigenvalue weighted by molar-refractivity contribution is 5.93. The Hall–Kier alpha value is -3.52. The zero-order valence-corrected chi connectivity index (χ0v) is 21.2. The van der Waals surface area contributed by atoms with Gasteiger partial charge in [-0.05, 0) is 41.8 Å². The van der Waals surface area contributed by atoms with Crippen LogP contribution in [0.2, 0.25) is 0 Å². The van der Waals surface area contributed by atoms with Gasteiger partial charge < -0.3 is 37.6 Å². The van der Waals surface area contributed by atoms with Gasteiger partial charge in [-0.25, -0.2) is 0 Å². The lowest BCUT2D eigenvalue weighted by molar-refractivity contribution is -0.137. The predicted molar refractivity (Wildman–Crippen MR) is 137 cm³/mol. The van der Waals surface area contributed by atoms with E-state index in [1.807, 2.05) is 0 Å². The first-order chi connectivity index (χ1) is 18.4. The number of alkyl halides is 3. The summed E-state index contributed by atoms with van der Waals surface area (Å²) >= 11 is 0. The number of nitrogens with one attached hydrogen (secondary N) is 1. The van der Waals surface area contributed by atoms with E-state index < -0.39 is 53.9 Å². The number of aryl methyl sites for hydroxylation is 1. The van der Waals surface area contributed by atoms with Crippen molar-refractivity contribution in [1.82, 2.24) is 10.2 Å². The number of nitrogens with two attached hydrogens (primary N) is 3. The molecule has 0 aliphatic carbocycles. The van der Waals surface area contributed by atoms with Crippen molar-refractivity contribution in [3.63, 3.8) is 0 Å². The number of benzene rings is 2. The third-order valence-corrected chi connectivity index (χ3v) is 6.02. The third kappa shape index (κ3) is 9.62. The van der Waals surface area contributed by atoms with E-state index in [1.54, 1.807) is 12.1 Å². The van der Waals surface area contributed by atoms with Crippen LogP contribution < -0.4 is 22.5 Å². The number of aliphatic hydroxyl groups excluding tert-OH is 1. The van der Waals surface area contributed by atoms with E-state index in [4.69, 9.17) is 17.2 Å². The number of carbonyl (C=O) groups is 3. The normalized spacial score (nSPS) is 13.8.